The molecule has 16 heavy (non-hydrogen) atoms. The summed E-state index contributed by atoms with van der Waals surface area (Å²) in [5.74, 6) is -0.123. The summed E-state index contributed by atoms with van der Waals surface area (Å²) in [5.41, 5.74) is 0. The molecule has 0 aromatic rings. The van der Waals surface area contributed by atoms with Crippen molar-refractivity contribution in [3.8, 4) is 12.1 Å². The Morgan fingerprint density at radius 2 is 1.81 bits per heavy atom. The van der Waals surface area contributed by atoms with Crippen LogP contribution < -0.4 is 5.32 Å². The monoisotopic (exact) mass is 222 g/mol. The number of nitrogens with one attached hydrogen (secondary N) is 1. The van der Waals surface area contributed by atoms with Gasteiger partial charge in [-0.3, -0.25) is 4.79 Å². The molecule has 0 radical (unpaired) electrons. The van der Waals surface area contributed by atoms with Crippen LogP contribution in [0.25, 0.3) is 0 Å². The summed E-state index contributed by atoms with van der Waals surface area (Å²) in [6, 6.07) is 4.02. The molecule has 5 heteroatoms. The number of hydrogen-bond donors (Lipinski definition) is 1. The Balaban J connectivity index is 4.31. The second kappa shape index (κ2) is 8.70. The van der Waals surface area contributed by atoms with Crippen molar-refractivity contribution in [2.24, 2.45) is 5.92 Å². The summed E-state index contributed by atoms with van der Waals surface area (Å²) in [6.07, 6.45) is 0.618. The molecule has 0 aliphatic heterocycles. The molecule has 1 atom stereocenters. The molecule has 88 valence electrons. The highest BCUT2D eigenvalue weighted by molar-refractivity contribution is 5.78. The minimum atomic E-state index is -0.123. The van der Waals surface area contributed by atoms with E-state index in [0.717, 1.165) is 0 Å². The van der Waals surface area contributed by atoms with Crippen molar-refractivity contribution in [2.75, 3.05) is 26.7 Å². The van der Waals surface area contributed by atoms with Gasteiger partial charge in [-0.15, -0.1) is 0 Å². The average Bonchev–Trinajstić information content (AvgIpc) is 2.29. The van der Waals surface area contributed by atoms with Crippen molar-refractivity contribution in [1.29, 1.82) is 10.5 Å². The van der Waals surface area contributed by atoms with Gasteiger partial charge in [-0.05, 0) is 7.05 Å². The summed E-state index contributed by atoms with van der Waals surface area (Å²) in [5, 5.41) is 19.9. The zero-order valence-electron chi connectivity index (χ0n) is 9.86. The van der Waals surface area contributed by atoms with Gasteiger partial charge in [0.05, 0.1) is 25.0 Å². The fourth-order valence-electron chi connectivity index (χ4n) is 1.41. The van der Waals surface area contributed by atoms with Crippen molar-refractivity contribution in [1.82, 2.24) is 10.2 Å². The van der Waals surface area contributed by atoms with Crippen LogP contribution in [0.15, 0.2) is 0 Å². The maximum absolute atomic E-state index is 11.9. The van der Waals surface area contributed by atoms with Gasteiger partial charge >= 0.3 is 0 Å². The molecule has 0 spiro atoms. The van der Waals surface area contributed by atoms with E-state index < -0.39 is 0 Å². The van der Waals surface area contributed by atoms with E-state index in [0.29, 0.717) is 32.5 Å². The number of hydrogen-bond acceptors (Lipinski definition) is 4. The number of carbonyl (C=O) groups excluding carboxylic acids is 1. The SMILES string of the molecule is CNCC(C)C(=O)N(CCC#N)CCC#N. The molecular weight excluding hydrogens is 204 g/mol. The number of rotatable bonds is 7. The van der Waals surface area contributed by atoms with E-state index in [1.807, 2.05) is 19.1 Å². The third-order valence-electron chi connectivity index (χ3n) is 2.23. The first-order chi connectivity index (χ1) is 7.67. The Morgan fingerprint density at radius 3 is 2.19 bits per heavy atom. The molecule has 0 aromatic carbocycles. The molecule has 0 fully saturated rings. The first-order valence-corrected chi connectivity index (χ1v) is 5.34. The van der Waals surface area contributed by atoms with E-state index in [1.165, 1.54) is 0 Å². The predicted octanol–water partition coefficient (Wildman–Crippen LogP) is 0.498. The van der Waals surface area contributed by atoms with E-state index in [2.05, 4.69) is 5.32 Å². The fraction of sp³-hybridized carbons (Fsp3) is 0.727. The second-order valence-electron chi connectivity index (χ2n) is 3.60. The smallest absolute Gasteiger partial charge is 0.226 e. The summed E-state index contributed by atoms with van der Waals surface area (Å²) >= 11 is 0. The number of carbonyl (C=O) groups is 1. The molecule has 0 saturated carbocycles. The Morgan fingerprint density at radius 1 is 1.31 bits per heavy atom. The zero-order chi connectivity index (χ0) is 12.4. The van der Waals surface area contributed by atoms with E-state index in [-0.39, 0.29) is 11.8 Å². The Kier molecular flexibility index (Phi) is 7.83. The third kappa shape index (κ3) is 5.33. The number of nitrogens with zero attached hydrogens (tertiary/aromatic N) is 3. The Hall–Kier alpha value is -1.59. The van der Waals surface area contributed by atoms with Crippen LogP contribution in [0.5, 0.6) is 0 Å². The normalized spacial score (nSPS) is 11.2. The van der Waals surface area contributed by atoms with Crippen LogP contribution in [0.3, 0.4) is 0 Å². The van der Waals surface area contributed by atoms with Crippen LogP contribution in [0, 0.1) is 28.6 Å². The number of amides is 1. The molecule has 0 heterocycles. The van der Waals surface area contributed by atoms with Crippen LogP contribution in [-0.2, 0) is 4.79 Å². The predicted molar refractivity (Wildman–Crippen MR) is 60.1 cm³/mol. The average molecular weight is 222 g/mol. The summed E-state index contributed by atoms with van der Waals surface area (Å²) < 4.78 is 0. The topological polar surface area (TPSA) is 79.9 Å². The third-order valence-corrected chi connectivity index (χ3v) is 2.23. The molecule has 0 bridgehead atoms. The molecule has 0 saturated heterocycles. The van der Waals surface area contributed by atoms with Gasteiger partial charge in [-0.25, -0.2) is 0 Å². The van der Waals surface area contributed by atoms with Gasteiger partial charge in [-0.2, -0.15) is 10.5 Å². The standard InChI is InChI=1S/C11H18N4O/c1-10(9-14-2)11(16)15(7-3-5-12)8-4-6-13/h10,14H,3-4,7-9H2,1-2H3. The molecule has 0 aliphatic carbocycles. The van der Waals surface area contributed by atoms with Crippen LogP contribution >= 0.6 is 0 Å². The van der Waals surface area contributed by atoms with E-state index in [1.54, 1.807) is 11.9 Å². The van der Waals surface area contributed by atoms with Crippen LogP contribution in [0.2, 0.25) is 0 Å². The van der Waals surface area contributed by atoms with Crippen LogP contribution in [0.1, 0.15) is 19.8 Å². The first kappa shape index (κ1) is 14.4. The molecule has 0 aliphatic rings. The maximum Gasteiger partial charge on any atom is 0.226 e. The molecular formula is C11H18N4O. The summed E-state index contributed by atoms with van der Waals surface area (Å²) in [6.45, 7) is 3.26. The van der Waals surface area contributed by atoms with E-state index >= 15 is 0 Å². The van der Waals surface area contributed by atoms with Gasteiger partial charge in [0, 0.05) is 25.6 Å². The molecule has 1 amide bonds. The number of nitriles is 2. The van der Waals surface area contributed by atoms with Crippen LogP contribution in [-0.4, -0.2) is 37.5 Å². The highest BCUT2D eigenvalue weighted by Crippen LogP contribution is 2.03. The molecule has 5 nitrogen and oxygen atoms in total. The lowest BCUT2D eigenvalue weighted by atomic mass is 10.1. The van der Waals surface area contributed by atoms with Crippen molar-refractivity contribution in [3.63, 3.8) is 0 Å². The lowest BCUT2D eigenvalue weighted by Crippen LogP contribution is -2.39. The van der Waals surface area contributed by atoms with Crippen LogP contribution in [0.4, 0.5) is 0 Å². The van der Waals surface area contributed by atoms with Crippen molar-refractivity contribution in [3.05, 3.63) is 0 Å². The minimum Gasteiger partial charge on any atom is -0.340 e. The van der Waals surface area contributed by atoms with Gasteiger partial charge in [-0.1, -0.05) is 6.92 Å². The van der Waals surface area contributed by atoms with Gasteiger partial charge in [0.1, 0.15) is 0 Å². The Labute approximate surface area is 96.6 Å². The molecule has 0 rings (SSSR count). The van der Waals surface area contributed by atoms with Crippen molar-refractivity contribution >= 4 is 5.91 Å². The van der Waals surface area contributed by atoms with E-state index in [9.17, 15) is 4.79 Å². The second-order valence-corrected chi connectivity index (χ2v) is 3.60. The molecule has 0 aromatic heterocycles. The molecule has 1 unspecified atom stereocenters. The van der Waals surface area contributed by atoms with Gasteiger partial charge < -0.3 is 10.2 Å². The summed E-state index contributed by atoms with van der Waals surface area (Å²) in [4.78, 5) is 13.5. The van der Waals surface area contributed by atoms with Crippen molar-refractivity contribution in [2.45, 2.75) is 19.8 Å². The van der Waals surface area contributed by atoms with Gasteiger partial charge in [0.2, 0.25) is 5.91 Å². The quantitative estimate of drug-likeness (QED) is 0.680. The van der Waals surface area contributed by atoms with Gasteiger partial charge in [0.15, 0.2) is 0 Å². The minimum absolute atomic E-state index is 0.000139. The Bertz CT molecular complexity index is 271. The zero-order valence-corrected chi connectivity index (χ0v) is 9.86. The lowest BCUT2D eigenvalue weighted by Gasteiger charge is -2.23. The van der Waals surface area contributed by atoms with Gasteiger partial charge in [0.25, 0.3) is 0 Å². The largest absolute Gasteiger partial charge is 0.340 e. The fourth-order valence-corrected chi connectivity index (χ4v) is 1.41. The highest BCUT2D eigenvalue weighted by atomic mass is 16.2. The molecule has 1 N–H and O–H groups in total. The van der Waals surface area contributed by atoms with Crippen molar-refractivity contribution < 1.29 is 4.79 Å². The first-order valence-electron chi connectivity index (χ1n) is 5.34. The van der Waals surface area contributed by atoms with E-state index in [4.69, 9.17) is 10.5 Å². The lowest BCUT2D eigenvalue weighted by molar-refractivity contribution is -0.134. The summed E-state index contributed by atoms with van der Waals surface area (Å²) in [7, 11) is 1.79. The highest BCUT2D eigenvalue weighted by Gasteiger charge is 2.19. The maximum atomic E-state index is 11.9.